The number of carbonyl (C=O) groups excluding carboxylic acids is 2. The van der Waals surface area contributed by atoms with Gasteiger partial charge in [-0.25, -0.2) is 0 Å². The van der Waals surface area contributed by atoms with Gasteiger partial charge in [0.1, 0.15) is 0 Å². The van der Waals surface area contributed by atoms with Crippen LogP contribution in [0.3, 0.4) is 0 Å². The molecule has 4 nitrogen and oxygen atoms in total. The Balaban J connectivity index is 1.82. The van der Waals surface area contributed by atoms with Crippen molar-refractivity contribution in [3.05, 3.63) is 64.1 Å². The number of halogens is 2. The van der Waals surface area contributed by atoms with Crippen molar-refractivity contribution in [2.24, 2.45) is 0 Å². The molecule has 0 bridgehead atoms. The summed E-state index contributed by atoms with van der Waals surface area (Å²) < 4.78 is 0. The molecule has 0 radical (unpaired) electrons. The normalized spacial score (nSPS) is 10.3. The van der Waals surface area contributed by atoms with Crippen molar-refractivity contribution in [1.82, 2.24) is 4.90 Å². The van der Waals surface area contributed by atoms with Crippen molar-refractivity contribution in [3.8, 4) is 0 Å². The maximum Gasteiger partial charge on any atom is 0.243 e. The summed E-state index contributed by atoms with van der Waals surface area (Å²) in [5.41, 5.74) is 1.52. The molecular weight excluding hydrogens is 347 g/mol. The number of anilines is 1. The minimum atomic E-state index is -0.272. The standard InChI is InChI=1S/C18H18Cl2N2O2/c1-22(12-17(23)21-15-7-4-6-14(19)11-15)18(24)10-9-13-5-2-3-8-16(13)20/h2-8,11H,9-10,12H2,1H3,(H,21,23). The molecule has 2 rings (SSSR count). The molecule has 2 aromatic carbocycles. The number of benzene rings is 2. The highest BCUT2D eigenvalue weighted by Crippen LogP contribution is 2.17. The molecule has 6 heteroatoms. The number of hydrogen-bond donors (Lipinski definition) is 1. The van der Waals surface area contributed by atoms with Gasteiger partial charge in [-0.15, -0.1) is 0 Å². The van der Waals surface area contributed by atoms with Crippen LogP contribution in [0.4, 0.5) is 5.69 Å². The Morgan fingerprint density at radius 3 is 2.54 bits per heavy atom. The summed E-state index contributed by atoms with van der Waals surface area (Å²) in [6.45, 7) is -0.0200. The van der Waals surface area contributed by atoms with E-state index in [9.17, 15) is 9.59 Å². The van der Waals surface area contributed by atoms with Crippen molar-refractivity contribution in [2.45, 2.75) is 12.8 Å². The molecule has 0 atom stereocenters. The lowest BCUT2D eigenvalue weighted by Gasteiger charge is -2.17. The first-order chi connectivity index (χ1) is 11.5. The van der Waals surface area contributed by atoms with Crippen LogP contribution in [0.5, 0.6) is 0 Å². The number of nitrogens with zero attached hydrogens (tertiary/aromatic N) is 1. The summed E-state index contributed by atoms with van der Waals surface area (Å²) in [4.78, 5) is 25.5. The van der Waals surface area contributed by atoms with Gasteiger partial charge in [0.15, 0.2) is 0 Å². The van der Waals surface area contributed by atoms with Crippen LogP contribution in [0.2, 0.25) is 10.0 Å². The topological polar surface area (TPSA) is 49.4 Å². The molecule has 126 valence electrons. The smallest absolute Gasteiger partial charge is 0.243 e. The highest BCUT2D eigenvalue weighted by atomic mass is 35.5. The highest BCUT2D eigenvalue weighted by Gasteiger charge is 2.13. The number of rotatable bonds is 6. The van der Waals surface area contributed by atoms with E-state index in [1.165, 1.54) is 4.90 Å². The fourth-order valence-corrected chi connectivity index (χ4v) is 2.62. The number of amides is 2. The maximum atomic E-state index is 12.2. The van der Waals surface area contributed by atoms with Crippen LogP contribution in [0.1, 0.15) is 12.0 Å². The van der Waals surface area contributed by atoms with E-state index in [2.05, 4.69) is 5.32 Å². The second-order valence-corrected chi connectivity index (χ2v) is 6.24. The van der Waals surface area contributed by atoms with Gasteiger partial charge < -0.3 is 10.2 Å². The summed E-state index contributed by atoms with van der Waals surface area (Å²) >= 11 is 11.9. The van der Waals surface area contributed by atoms with Crippen LogP contribution in [0.15, 0.2) is 48.5 Å². The molecule has 0 saturated carbocycles. The maximum absolute atomic E-state index is 12.2. The summed E-state index contributed by atoms with van der Waals surface area (Å²) in [6.07, 6.45) is 0.837. The first kappa shape index (κ1) is 18.3. The van der Waals surface area contributed by atoms with E-state index < -0.39 is 0 Å². The fraction of sp³-hybridized carbons (Fsp3) is 0.222. The Bertz CT molecular complexity index is 734. The molecule has 0 unspecified atom stereocenters. The zero-order chi connectivity index (χ0) is 17.5. The quantitative estimate of drug-likeness (QED) is 0.841. The summed E-state index contributed by atoms with van der Waals surface area (Å²) in [7, 11) is 1.60. The Kier molecular flexibility index (Phi) is 6.64. The third-order valence-electron chi connectivity index (χ3n) is 3.48. The van der Waals surface area contributed by atoms with Gasteiger partial charge in [0, 0.05) is 29.2 Å². The van der Waals surface area contributed by atoms with E-state index in [-0.39, 0.29) is 18.4 Å². The molecule has 0 aliphatic heterocycles. The molecule has 0 fully saturated rings. The highest BCUT2D eigenvalue weighted by molar-refractivity contribution is 6.31. The SMILES string of the molecule is CN(CC(=O)Nc1cccc(Cl)c1)C(=O)CCc1ccccc1Cl. The molecule has 0 saturated heterocycles. The van der Waals surface area contributed by atoms with Crippen LogP contribution in [0, 0.1) is 0 Å². The predicted octanol–water partition coefficient (Wildman–Crippen LogP) is 4.02. The van der Waals surface area contributed by atoms with Gasteiger partial charge in [-0.1, -0.05) is 47.5 Å². The first-order valence-electron chi connectivity index (χ1n) is 7.48. The first-order valence-corrected chi connectivity index (χ1v) is 8.24. The van der Waals surface area contributed by atoms with Crippen molar-refractivity contribution >= 4 is 40.7 Å². The Morgan fingerprint density at radius 1 is 1.08 bits per heavy atom. The lowest BCUT2D eigenvalue weighted by molar-refractivity contribution is -0.133. The van der Waals surface area contributed by atoms with Crippen molar-refractivity contribution in [1.29, 1.82) is 0 Å². The number of aryl methyl sites for hydroxylation is 1. The third kappa shape index (κ3) is 5.55. The van der Waals surface area contributed by atoms with Gasteiger partial charge in [-0.3, -0.25) is 9.59 Å². The molecule has 24 heavy (non-hydrogen) atoms. The molecule has 0 aliphatic rings. The molecule has 2 amide bonds. The Hall–Kier alpha value is -2.04. The number of carbonyl (C=O) groups is 2. The largest absolute Gasteiger partial charge is 0.336 e. The number of nitrogens with one attached hydrogen (secondary N) is 1. The molecular formula is C18H18Cl2N2O2. The van der Waals surface area contributed by atoms with Crippen LogP contribution in [-0.2, 0) is 16.0 Å². The van der Waals surface area contributed by atoms with Gasteiger partial charge in [0.2, 0.25) is 11.8 Å². The van der Waals surface area contributed by atoms with Crippen molar-refractivity contribution < 1.29 is 9.59 Å². The zero-order valence-electron chi connectivity index (χ0n) is 13.3. The second-order valence-electron chi connectivity index (χ2n) is 5.40. The average molecular weight is 365 g/mol. The van der Waals surface area contributed by atoms with E-state index in [1.807, 2.05) is 18.2 Å². The Morgan fingerprint density at radius 2 is 1.83 bits per heavy atom. The van der Waals surface area contributed by atoms with Crippen LogP contribution < -0.4 is 5.32 Å². The van der Waals surface area contributed by atoms with Crippen LogP contribution in [-0.4, -0.2) is 30.3 Å². The summed E-state index contributed by atoms with van der Waals surface area (Å²) in [5, 5.41) is 3.90. The van der Waals surface area contributed by atoms with E-state index in [1.54, 1.807) is 37.4 Å². The van der Waals surface area contributed by atoms with Crippen LogP contribution in [0.25, 0.3) is 0 Å². The van der Waals surface area contributed by atoms with Crippen molar-refractivity contribution in [2.75, 3.05) is 18.9 Å². The molecule has 1 N–H and O–H groups in total. The minimum absolute atomic E-state index is 0.0200. The van der Waals surface area contributed by atoms with E-state index in [0.29, 0.717) is 28.6 Å². The summed E-state index contributed by atoms with van der Waals surface area (Å²) in [5.74, 6) is -0.387. The van der Waals surface area contributed by atoms with Gasteiger partial charge in [0.05, 0.1) is 6.54 Å². The molecule has 2 aromatic rings. The van der Waals surface area contributed by atoms with Crippen molar-refractivity contribution in [3.63, 3.8) is 0 Å². The lowest BCUT2D eigenvalue weighted by Crippen LogP contribution is -2.35. The number of likely N-dealkylation sites (N-methyl/N-ethyl adjacent to an activating group) is 1. The third-order valence-corrected chi connectivity index (χ3v) is 4.08. The van der Waals surface area contributed by atoms with E-state index in [0.717, 1.165) is 5.56 Å². The zero-order valence-corrected chi connectivity index (χ0v) is 14.8. The van der Waals surface area contributed by atoms with E-state index in [4.69, 9.17) is 23.2 Å². The van der Waals surface area contributed by atoms with Gasteiger partial charge >= 0.3 is 0 Å². The predicted molar refractivity (Wildman–Crippen MR) is 97.5 cm³/mol. The molecule has 0 aliphatic carbocycles. The fourth-order valence-electron chi connectivity index (χ4n) is 2.20. The second kappa shape index (κ2) is 8.71. The summed E-state index contributed by atoms with van der Waals surface area (Å²) in [6, 6.07) is 14.3. The molecule has 0 heterocycles. The van der Waals surface area contributed by atoms with Gasteiger partial charge in [-0.05, 0) is 36.2 Å². The van der Waals surface area contributed by atoms with Gasteiger partial charge in [0.25, 0.3) is 0 Å². The monoisotopic (exact) mass is 364 g/mol. The lowest BCUT2D eigenvalue weighted by atomic mass is 10.1. The van der Waals surface area contributed by atoms with Gasteiger partial charge in [-0.2, -0.15) is 0 Å². The number of hydrogen-bond acceptors (Lipinski definition) is 2. The molecule has 0 spiro atoms. The Labute approximate surface area is 151 Å². The average Bonchev–Trinajstić information content (AvgIpc) is 2.53. The van der Waals surface area contributed by atoms with E-state index >= 15 is 0 Å². The molecule has 0 aromatic heterocycles. The minimum Gasteiger partial charge on any atom is -0.336 e. The van der Waals surface area contributed by atoms with Crippen LogP contribution >= 0.6 is 23.2 Å².